The molecule has 9 nitrogen and oxygen atoms in total. The van der Waals surface area contributed by atoms with E-state index in [1.54, 1.807) is 18.2 Å². The van der Waals surface area contributed by atoms with Crippen molar-refractivity contribution in [2.45, 2.75) is 43.6 Å². The molecule has 3 aliphatic rings. The van der Waals surface area contributed by atoms with E-state index in [2.05, 4.69) is 0 Å². The first-order valence-corrected chi connectivity index (χ1v) is 10.6. The van der Waals surface area contributed by atoms with Gasteiger partial charge < -0.3 is 14.4 Å². The van der Waals surface area contributed by atoms with Crippen LogP contribution < -0.4 is 4.52 Å². The number of halogens is 3. The quantitative estimate of drug-likeness (QED) is 0.522. The van der Waals surface area contributed by atoms with Gasteiger partial charge in [0.25, 0.3) is 6.43 Å². The van der Waals surface area contributed by atoms with Crippen LogP contribution in [-0.4, -0.2) is 58.8 Å². The van der Waals surface area contributed by atoms with Crippen molar-refractivity contribution in [2.75, 3.05) is 6.61 Å². The summed E-state index contributed by atoms with van der Waals surface area (Å²) >= 11 is 0. The molecular weight excluding hydrogens is 446 g/mol. The van der Waals surface area contributed by atoms with Crippen LogP contribution >= 0.6 is 7.82 Å². The third-order valence-corrected chi connectivity index (χ3v) is 6.40. The zero-order valence-electron chi connectivity index (χ0n) is 15.7. The zero-order chi connectivity index (χ0) is 22.4. The molecule has 31 heavy (non-hydrogen) atoms. The van der Waals surface area contributed by atoms with Gasteiger partial charge in [0.1, 0.15) is 11.9 Å². The fourth-order valence-corrected chi connectivity index (χ4v) is 4.64. The van der Waals surface area contributed by atoms with Crippen molar-refractivity contribution in [2.24, 2.45) is 0 Å². The number of phosphoric acid groups is 1. The number of benzene rings is 1. The maximum Gasteiger partial charge on any atom is 0.530 e. The molecule has 3 heterocycles. The van der Waals surface area contributed by atoms with Gasteiger partial charge in [-0.05, 0) is 12.1 Å². The number of carbonyl (C=O) groups is 2. The standard InChI is InChI=1S/C18H17F3NO8P/c19-15-14(25)16(22-6-5-11(23)7-13(22)24)29-18(15,17(20)21)9-28-31(26)27-8-10-3-1-2-4-12(10)30-31/h1-6,14-17,25H,7-9H2/t14-,15-,16-,18-,31?/m1/s1. The summed E-state index contributed by atoms with van der Waals surface area (Å²) in [6.07, 6.45) is -8.99. The molecule has 0 spiro atoms. The summed E-state index contributed by atoms with van der Waals surface area (Å²) in [4.78, 5) is 24.0. The number of phosphoric ester groups is 1. The Labute approximate surface area is 173 Å². The van der Waals surface area contributed by atoms with Gasteiger partial charge in [0.2, 0.25) is 5.91 Å². The molecule has 0 aromatic heterocycles. The van der Waals surface area contributed by atoms with E-state index in [0.29, 0.717) is 10.5 Å². The van der Waals surface area contributed by atoms with Crippen molar-refractivity contribution >= 4 is 19.5 Å². The molecule has 0 aliphatic carbocycles. The SMILES string of the molecule is O=C1C=CN([C@@H]2O[C@@](COP3(=O)OCc4ccccc4O3)(C(F)F)[C@H](F)[C@H]2O)C(=O)C1. The van der Waals surface area contributed by atoms with Gasteiger partial charge in [-0.1, -0.05) is 18.2 Å². The van der Waals surface area contributed by atoms with Crippen LogP contribution in [0.2, 0.25) is 0 Å². The Bertz CT molecular complexity index is 975. The van der Waals surface area contributed by atoms with Crippen LogP contribution in [0.1, 0.15) is 12.0 Å². The first-order chi connectivity index (χ1) is 14.7. The molecule has 4 rings (SSSR count). The fourth-order valence-electron chi connectivity index (χ4n) is 3.39. The lowest BCUT2D eigenvalue weighted by molar-refractivity contribution is -0.194. The summed E-state index contributed by atoms with van der Waals surface area (Å²) in [6, 6.07) is 6.36. The molecule has 13 heteroatoms. The van der Waals surface area contributed by atoms with Gasteiger partial charge in [0.15, 0.2) is 23.8 Å². The van der Waals surface area contributed by atoms with E-state index in [-0.39, 0.29) is 12.4 Å². The van der Waals surface area contributed by atoms with E-state index in [1.807, 2.05) is 0 Å². The molecule has 0 radical (unpaired) electrons. The molecule has 1 unspecified atom stereocenters. The number of ether oxygens (including phenoxy) is 1. The van der Waals surface area contributed by atoms with Gasteiger partial charge in [-0.2, -0.15) is 0 Å². The average Bonchev–Trinajstić information content (AvgIpc) is 2.98. The highest BCUT2D eigenvalue weighted by Gasteiger charge is 2.64. The van der Waals surface area contributed by atoms with E-state index in [9.17, 15) is 32.4 Å². The van der Waals surface area contributed by atoms with Crippen molar-refractivity contribution in [3.05, 3.63) is 42.1 Å². The summed E-state index contributed by atoms with van der Waals surface area (Å²) in [5, 5.41) is 10.2. The minimum absolute atomic E-state index is 0.152. The summed E-state index contributed by atoms with van der Waals surface area (Å²) in [6.45, 7) is -1.50. The van der Waals surface area contributed by atoms with Gasteiger partial charge in [0, 0.05) is 11.8 Å². The number of fused-ring (bicyclic) bond motifs is 1. The molecule has 5 atom stereocenters. The number of nitrogens with zero attached hydrogens (tertiary/aromatic N) is 1. The van der Waals surface area contributed by atoms with Crippen LogP contribution in [0.5, 0.6) is 5.75 Å². The number of ketones is 1. The number of hydrogen-bond acceptors (Lipinski definition) is 8. The molecule has 168 valence electrons. The predicted octanol–water partition coefficient (Wildman–Crippen LogP) is 2.09. The van der Waals surface area contributed by atoms with Gasteiger partial charge in [-0.25, -0.2) is 17.7 Å². The first-order valence-electron chi connectivity index (χ1n) is 9.12. The predicted molar refractivity (Wildman–Crippen MR) is 95.5 cm³/mol. The number of para-hydroxylation sites is 1. The molecule has 1 N–H and O–H groups in total. The molecule has 1 saturated heterocycles. The van der Waals surface area contributed by atoms with E-state index in [1.165, 1.54) is 6.07 Å². The van der Waals surface area contributed by atoms with Gasteiger partial charge in [0.05, 0.1) is 19.6 Å². The third-order valence-electron chi connectivity index (χ3n) is 5.09. The van der Waals surface area contributed by atoms with Crippen LogP contribution in [0, 0.1) is 0 Å². The van der Waals surface area contributed by atoms with E-state index < -0.39 is 63.1 Å². The molecule has 0 bridgehead atoms. The topological polar surface area (TPSA) is 112 Å². The lowest BCUT2D eigenvalue weighted by Gasteiger charge is -2.33. The zero-order valence-corrected chi connectivity index (χ0v) is 16.6. The molecule has 1 amide bonds. The Morgan fingerprint density at radius 3 is 2.77 bits per heavy atom. The first kappa shape index (κ1) is 22.0. The number of aliphatic hydroxyl groups excluding tert-OH is 1. The largest absolute Gasteiger partial charge is 0.530 e. The van der Waals surface area contributed by atoms with E-state index in [4.69, 9.17) is 18.3 Å². The summed E-state index contributed by atoms with van der Waals surface area (Å²) in [7, 11) is -4.40. The highest BCUT2D eigenvalue weighted by atomic mass is 31.2. The van der Waals surface area contributed by atoms with Gasteiger partial charge >= 0.3 is 7.82 Å². The Morgan fingerprint density at radius 1 is 1.32 bits per heavy atom. The number of allylic oxidation sites excluding steroid dienone is 1. The van der Waals surface area contributed by atoms with Crippen LogP contribution in [0.3, 0.4) is 0 Å². The van der Waals surface area contributed by atoms with Crippen molar-refractivity contribution in [1.29, 1.82) is 0 Å². The molecule has 0 saturated carbocycles. The molecule has 1 aromatic carbocycles. The summed E-state index contributed by atoms with van der Waals surface area (Å²) in [5.74, 6) is -1.25. The summed E-state index contributed by atoms with van der Waals surface area (Å²) in [5.41, 5.74) is -2.53. The molecule has 3 aliphatic heterocycles. The maximum atomic E-state index is 14.9. The second-order valence-corrected chi connectivity index (χ2v) is 8.70. The second-order valence-electron chi connectivity index (χ2n) is 7.11. The smallest absolute Gasteiger partial charge is 0.404 e. The van der Waals surface area contributed by atoms with Crippen molar-refractivity contribution in [1.82, 2.24) is 4.90 Å². The number of amides is 1. The highest BCUT2D eigenvalue weighted by Crippen LogP contribution is 2.56. The third kappa shape index (κ3) is 3.90. The van der Waals surface area contributed by atoms with E-state index in [0.717, 1.165) is 12.3 Å². The minimum Gasteiger partial charge on any atom is -0.404 e. The van der Waals surface area contributed by atoms with Crippen LogP contribution in [0.15, 0.2) is 36.5 Å². The van der Waals surface area contributed by atoms with Crippen molar-refractivity contribution in [3.63, 3.8) is 0 Å². The number of alkyl halides is 3. The monoisotopic (exact) mass is 463 g/mol. The molecule has 1 fully saturated rings. The number of rotatable bonds is 5. The van der Waals surface area contributed by atoms with Crippen LogP contribution in [0.4, 0.5) is 13.2 Å². The maximum absolute atomic E-state index is 14.9. The Morgan fingerprint density at radius 2 is 2.06 bits per heavy atom. The van der Waals surface area contributed by atoms with E-state index >= 15 is 0 Å². The second kappa shape index (κ2) is 8.03. The fraction of sp³-hybridized carbons (Fsp3) is 0.444. The van der Waals surface area contributed by atoms with Crippen molar-refractivity contribution < 1.29 is 50.7 Å². The Kier molecular flexibility index (Phi) is 5.69. The Balaban J connectivity index is 1.54. The average molecular weight is 463 g/mol. The molecular formula is C18H17F3NO8P. The Hall–Kier alpha value is -2.24. The highest BCUT2D eigenvalue weighted by molar-refractivity contribution is 7.49. The van der Waals surface area contributed by atoms with Gasteiger partial charge in [-0.15, -0.1) is 0 Å². The van der Waals surface area contributed by atoms with Crippen LogP contribution in [0.25, 0.3) is 0 Å². The summed E-state index contributed by atoms with van der Waals surface area (Å²) < 4.78 is 75.7. The normalized spacial score (nSPS) is 35.4. The number of carbonyl (C=O) groups excluding carboxylic acids is 2. The lowest BCUT2D eigenvalue weighted by Crippen LogP contribution is -2.50. The van der Waals surface area contributed by atoms with Gasteiger partial charge in [-0.3, -0.25) is 23.5 Å². The minimum atomic E-state index is -4.40. The van der Waals surface area contributed by atoms with Crippen LogP contribution in [-0.2, 0) is 34.5 Å². The van der Waals surface area contributed by atoms with Crippen molar-refractivity contribution in [3.8, 4) is 5.75 Å². The lowest BCUT2D eigenvalue weighted by atomic mass is 9.98. The molecule has 1 aromatic rings. The number of hydrogen-bond donors (Lipinski definition) is 1. The number of aliphatic hydroxyl groups is 1.